The molecule has 1 saturated carbocycles. The lowest BCUT2D eigenvalue weighted by atomic mass is 9.77. The highest BCUT2D eigenvalue weighted by Gasteiger charge is 2.30. The van der Waals surface area contributed by atoms with Crippen LogP contribution in [0.1, 0.15) is 52.4 Å². The summed E-state index contributed by atoms with van der Waals surface area (Å²) in [7, 11) is 0. The summed E-state index contributed by atoms with van der Waals surface area (Å²) in [6, 6.07) is 0. The average molecular weight is 201 g/mol. The first-order valence-electron chi connectivity index (χ1n) is 5.26. The van der Waals surface area contributed by atoms with E-state index in [1.54, 1.807) is 0 Å². The van der Waals surface area contributed by atoms with E-state index in [-0.39, 0.29) is 6.15 Å². The third kappa shape index (κ3) is 3.66. The Morgan fingerprint density at radius 3 is 2.21 bits per heavy atom. The minimum Gasteiger partial charge on any atom is -0.481 e. The highest BCUT2D eigenvalue weighted by atomic mass is 16.4. The van der Waals surface area contributed by atoms with Gasteiger partial charge in [-0.2, -0.15) is 0 Å². The zero-order valence-electron chi connectivity index (χ0n) is 9.38. The molecule has 0 unspecified atom stereocenters. The summed E-state index contributed by atoms with van der Waals surface area (Å²) < 4.78 is 0. The van der Waals surface area contributed by atoms with Crippen LogP contribution in [-0.4, -0.2) is 11.1 Å². The van der Waals surface area contributed by atoms with Crippen LogP contribution in [0.2, 0.25) is 0 Å². The first kappa shape index (κ1) is 13.4. The second-order valence-corrected chi connectivity index (χ2v) is 4.90. The number of carboxylic acids is 1. The summed E-state index contributed by atoms with van der Waals surface area (Å²) in [4.78, 5) is 10.9. The molecule has 14 heavy (non-hydrogen) atoms. The van der Waals surface area contributed by atoms with Gasteiger partial charge >= 0.3 is 5.97 Å². The summed E-state index contributed by atoms with van der Waals surface area (Å²) in [6.07, 6.45) is 7.24. The Labute approximate surface area is 86.5 Å². The van der Waals surface area contributed by atoms with Crippen molar-refractivity contribution in [3.63, 3.8) is 0 Å². The predicted octanol–water partition coefficient (Wildman–Crippen LogP) is 3.23. The van der Waals surface area contributed by atoms with Gasteiger partial charge in [-0.1, -0.05) is 32.1 Å². The Hall–Kier alpha value is -0.570. The third-order valence-corrected chi connectivity index (χ3v) is 3.10. The third-order valence-electron chi connectivity index (χ3n) is 3.10. The van der Waals surface area contributed by atoms with Crippen LogP contribution in [-0.2, 0) is 4.79 Å². The SMILES string of the molecule is CC(C)(CC1CCCCC1)C(=O)O.N. The lowest BCUT2D eigenvalue weighted by Crippen LogP contribution is -2.27. The molecule has 0 bridgehead atoms. The topological polar surface area (TPSA) is 72.3 Å². The second-order valence-electron chi connectivity index (χ2n) is 4.90. The van der Waals surface area contributed by atoms with Crippen LogP contribution in [0.3, 0.4) is 0 Å². The molecule has 84 valence electrons. The zero-order chi connectivity index (χ0) is 9.90. The lowest BCUT2D eigenvalue weighted by molar-refractivity contribution is -0.148. The predicted molar refractivity (Wildman–Crippen MR) is 57.6 cm³/mol. The maximum atomic E-state index is 10.9. The number of carboxylic acid groups (broad SMARTS) is 1. The van der Waals surface area contributed by atoms with E-state index in [4.69, 9.17) is 5.11 Å². The molecular formula is C11H23NO2. The highest BCUT2D eigenvalue weighted by molar-refractivity contribution is 5.73. The van der Waals surface area contributed by atoms with Gasteiger partial charge in [0, 0.05) is 0 Å². The summed E-state index contributed by atoms with van der Waals surface area (Å²) >= 11 is 0. The minimum atomic E-state index is -0.655. The molecule has 1 aliphatic rings. The molecule has 0 radical (unpaired) electrons. The average Bonchev–Trinajstić information content (AvgIpc) is 2.05. The van der Waals surface area contributed by atoms with E-state index in [1.165, 1.54) is 32.1 Å². The van der Waals surface area contributed by atoms with Gasteiger partial charge in [-0.05, 0) is 26.2 Å². The Balaban J connectivity index is 0.00000169. The zero-order valence-corrected chi connectivity index (χ0v) is 9.38. The maximum Gasteiger partial charge on any atom is 0.309 e. The largest absolute Gasteiger partial charge is 0.481 e. The molecule has 0 amide bonds. The lowest BCUT2D eigenvalue weighted by Gasteiger charge is -2.28. The quantitative estimate of drug-likeness (QED) is 0.736. The van der Waals surface area contributed by atoms with Gasteiger partial charge in [-0.25, -0.2) is 0 Å². The molecule has 1 aliphatic carbocycles. The van der Waals surface area contributed by atoms with Crippen LogP contribution < -0.4 is 6.15 Å². The van der Waals surface area contributed by atoms with Crippen molar-refractivity contribution in [2.45, 2.75) is 52.4 Å². The van der Waals surface area contributed by atoms with Crippen molar-refractivity contribution < 1.29 is 9.90 Å². The van der Waals surface area contributed by atoms with Gasteiger partial charge in [-0.3, -0.25) is 4.79 Å². The Morgan fingerprint density at radius 2 is 1.79 bits per heavy atom. The molecule has 0 aromatic rings. The molecule has 0 saturated heterocycles. The van der Waals surface area contributed by atoms with Crippen molar-refractivity contribution in [3.05, 3.63) is 0 Å². The molecule has 0 heterocycles. The summed E-state index contributed by atoms with van der Waals surface area (Å²) in [5, 5.41) is 8.97. The van der Waals surface area contributed by atoms with E-state index < -0.39 is 11.4 Å². The fourth-order valence-corrected chi connectivity index (χ4v) is 2.20. The van der Waals surface area contributed by atoms with Crippen LogP contribution in [0, 0.1) is 11.3 Å². The van der Waals surface area contributed by atoms with E-state index in [0.29, 0.717) is 5.92 Å². The van der Waals surface area contributed by atoms with Gasteiger partial charge in [0.2, 0.25) is 0 Å². The van der Waals surface area contributed by atoms with E-state index in [9.17, 15) is 4.79 Å². The maximum absolute atomic E-state index is 10.9. The molecule has 4 N–H and O–H groups in total. The fraction of sp³-hybridized carbons (Fsp3) is 0.909. The van der Waals surface area contributed by atoms with Gasteiger partial charge in [-0.15, -0.1) is 0 Å². The van der Waals surface area contributed by atoms with E-state index in [0.717, 1.165) is 6.42 Å². The smallest absolute Gasteiger partial charge is 0.309 e. The second kappa shape index (κ2) is 5.35. The first-order valence-corrected chi connectivity index (χ1v) is 5.26. The number of hydrogen-bond donors (Lipinski definition) is 2. The van der Waals surface area contributed by atoms with E-state index in [1.807, 2.05) is 13.8 Å². The van der Waals surface area contributed by atoms with Crippen LogP contribution in [0.15, 0.2) is 0 Å². The molecule has 3 nitrogen and oxygen atoms in total. The molecule has 0 spiro atoms. The summed E-state index contributed by atoms with van der Waals surface area (Å²) in [6.45, 7) is 3.67. The van der Waals surface area contributed by atoms with Crippen LogP contribution in [0.4, 0.5) is 0 Å². The highest BCUT2D eigenvalue weighted by Crippen LogP contribution is 2.34. The normalized spacial score (nSPS) is 18.7. The van der Waals surface area contributed by atoms with Crippen LogP contribution in [0.5, 0.6) is 0 Å². The molecule has 1 fully saturated rings. The number of carbonyl (C=O) groups is 1. The Morgan fingerprint density at radius 1 is 1.29 bits per heavy atom. The van der Waals surface area contributed by atoms with Gasteiger partial charge in [0.15, 0.2) is 0 Å². The standard InChI is InChI=1S/C11H20O2.H3N/c1-11(2,10(12)13)8-9-6-4-3-5-7-9;/h9H,3-8H2,1-2H3,(H,12,13);1H3. The van der Waals surface area contributed by atoms with Crippen molar-refractivity contribution >= 4 is 5.97 Å². The number of hydrogen-bond acceptors (Lipinski definition) is 2. The number of aliphatic carboxylic acids is 1. The van der Waals surface area contributed by atoms with Crippen LogP contribution >= 0.6 is 0 Å². The fourth-order valence-electron chi connectivity index (χ4n) is 2.20. The molecular weight excluding hydrogens is 178 g/mol. The van der Waals surface area contributed by atoms with Gasteiger partial charge in [0.1, 0.15) is 0 Å². The first-order chi connectivity index (χ1) is 6.02. The van der Waals surface area contributed by atoms with Gasteiger partial charge < -0.3 is 11.3 Å². The molecule has 0 aromatic carbocycles. The van der Waals surface area contributed by atoms with Crippen molar-refractivity contribution in [2.75, 3.05) is 0 Å². The molecule has 0 aliphatic heterocycles. The van der Waals surface area contributed by atoms with Crippen molar-refractivity contribution in [3.8, 4) is 0 Å². The van der Waals surface area contributed by atoms with Gasteiger partial charge in [0.25, 0.3) is 0 Å². The van der Waals surface area contributed by atoms with Crippen LogP contribution in [0.25, 0.3) is 0 Å². The van der Waals surface area contributed by atoms with E-state index >= 15 is 0 Å². The van der Waals surface area contributed by atoms with Gasteiger partial charge in [0.05, 0.1) is 5.41 Å². The molecule has 1 rings (SSSR count). The summed E-state index contributed by atoms with van der Waals surface area (Å²) in [5.41, 5.74) is -0.526. The van der Waals surface area contributed by atoms with Crippen molar-refractivity contribution in [2.24, 2.45) is 11.3 Å². The summed E-state index contributed by atoms with van der Waals surface area (Å²) in [5.74, 6) is -0.00192. The molecule has 0 atom stereocenters. The van der Waals surface area contributed by atoms with Crippen molar-refractivity contribution in [1.29, 1.82) is 0 Å². The monoisotopic (exact) mass is 201 g/mol. The molecule has 0 aromatic heterocycles. The number of rotatable bonds is 3. The molecule has 3 heteroatoms. The minimum absolute atomic E-state index is 0. The Kier molecular flexibility index (Phi) is 5.13. The Bertz CT molecular complexity index is 184. The van der Waals surface area contributed by atoms with E-state index in [2.05, 4.69) is 0 Å². The van der Waals surface area contributed by atoms with Crippen molar-refractivity contribution in [1.82, 2.24) is 6.15 Å².